The van der Waals surface area contributed by atoms with Gasteiger partial charge in [-0.15, -0.1) is 0 Å². The highest BCUT2D eigenvalue weighted by Gasteiger charge is 2.21. The zero-order chi connectivity index (χ0) is 14.7. The van der Waals surface area contributed by atoms with Gasteiger partial charge in [0.1, 0.15) is 5.75 Å². The Morgan fingerprint density at radius 2 is 1.95 bits per heavy atom. The van der Waals surface area contributed by atoms with Gasteiger partial charge in [0.05, 0.1) is 6.26 Å². The molecule has 0 bridgehead atoms. The molecular formula is C16H16O4. The molecular weight excluding hydrogens is 256 g/mol. The lowest BCUT2D eigenvalue weighted by Crippen LogP contribution is -2.05. The molecule has 4 nitrogen and oxygen atoms in total. The van der Waals surface area contributed by atoms with Crippen molar-refractivity contribution < 1.29 is 19.1 Å². The molecule has 0 aliphatic carbocycles. The third-order valence-corrected chi connectivity index (χ3v) is 3.02. The summed E-state index contributed by atoms with van der Waals surface area (Å²) in [5.74, 6) is -0.0454. The Bertz CT molecular complexity index is 620. The van der Waals surface area contributed by atoms with Crippen molar-refractivity contribution in [3.8, 4) is 16.9 Å². The van der Waals surface area contributed by atoms with Crippen molar-refractivity contribution in [2.75, 3.05) is 0 Å². The first-order valence-corrected chi connectivity index (χ1v) is 6.42. The van der Waals surface area contributed by atoms with Gasteiger partial charge < -0.3 is 9.52 Å². The fourth-order valence-corrected chi connectivity index (χ4v) is 2.14. The SMILES string of the molecule is CC(C)Cc1c(-c2ccc(O)cc2)coc1C(=O)C=O. The minimum Gasteiger partial charge on any atom is -0.508 e. The van der Waals surface area contributed by atoms with Gasteiger partial charge >= 0.3 is 0 Å². The van der Waals surface area contributed by atoms with Crippen molar-refractivity contribution in [1.82, 2.24) is 0 Å². The van der Waals surface area contributed by atoms with Crippen molar-refractivity contribution in [3.63, 3.8) is 0 Å². The Morgan fingerprint density at radius 3 is 2.50 bits per heavy atom. The third-order valence-electron chi connectivity index (χ3n) is 3.02. The first kappa shape index (κ1) is 14.1. The molecule has 4 heteroatoms. The number of carbonyl (C=O) groups excluding carboxylic acids is 2. The molecule has 0 atom stereocenters. The van der Waals surface area contributed by atoms with Crippen LogP contribution in [0.5, 0.6) is 5.75 Å². The van der Waals surface area contributed by atoms with Crippen molar-refractivity contribution in [1.29, 1.82) is 0 Å². The van der Waals surface area contributed by atoms with Crippen LogP contribution in [0.15, 0.2) is 34.9 Å². The smallest absolute Gasteiger partial charge is 0.260 e. The summed E-state index contributed by atoms with van der Waals surface area (Å²) in [5, 5.41) is 9.33. The summed E-state index contributed by atoms with van der Waals surface area (Å²) in [6.45, 7) is 4.06. The van der Waals surface area contributed by atoms with Gasteiger partial charge in [0.2, 0.25) is 0 Å². The number of hydrogen-bond donors (Lipinski definition) is 1. The quantitative estimate of drug-likeness (QED) is 0.515. The molecule has 104 valence electrons. The van der Waals surface area contributed by atoms with E-state index in [2.05, 4.69) is 0 Å². The molecule has 2 rings (SSSR count). The monoisotopic (exact) mass is 272 g/mol. The molecule has 1 N–H and O–H groups in total. The summed E-state index contributed by atoms with van der Waals surface area (Å²) in [6.07, 6.45) is 2.39. The topological polar surface area (TPSA) is 67.5 Å². The molecule has 0 aliphatic heterocycles. The summed E-state index contributed by atoms with van der Waals surface area (Å²) >= 11 is 0. The largest absolute Gasteiger partial charge is 0.508 e. The zero-order valence-corrected chi connectivity index (χ0v) is 11.4. The molecule has 0 saturated carbocycles. The van der Waals surface area contributed by atoms with E-state index >= 15 is 0 Å². The summed E-state index contributed by atoms with van der Waals surface area (Å²) in [5.41, 5.74) is 2.36. The Morgan fingerprint density at radius 1 is 1.30 bits per heavy atom. The van der Waals surface area contributed by atoms with Gasteiger partial charge in [0, 0.05) is 11.1 Å². The highest BCUT2D eigenvalue weighted by atomic mass is 16.3. The molecule has 2 aromatic rings. The number of aromatic hydroxyl groups is 1. The standard InChI is InChI=1S/C16H16O4/c1-10(2)7-13-14(9-20-16(13)15(19)8-17)11-3-5-12(18)6-4-11/h3-6,8-10,18H,7H2,1-2H3. The molecule has 0 aliphatic rings. The molecule has 20 heavy (non-hydrogen) atoms. The van der Waals surface area contributed by atoms with Crippen LogP contribution in [0.3, 0.4) is 0 Å². The highest BCUT2D eigenvalue weighted by Crippen LogP contribution is 2.31. The van der Waals surface area contributed by atoms with Crippen molar-refractivity contribution in [3.05, 3.63) is 41.9 Å². The average Bonchev–Trinajstić information content (AvgIpc) is 2.81. The number of phenolic OH excluding ortho intramolecular Hbond substituents is 1. The minimum absolute atomic E-state index is 0.108. The lowest BCUT2D eigenvalue weighted by atomic mass is 9.94. The van der Waals surface area contributed by atoms with E-state index in [1.165, 1.54) is 6.26 Å². The van der Waals surface area contributed by atoms with Gasteiger partial charge in [-0.05, 0) is 30.0 Å². The number of furan rings is 1. The summed E-state index contributed by atoms with van der Waals surface area (Å²) < 4.78 is 5.29. The molecule has 0 spiro atoms. The Balaban J connectivity index is 2.52. The highest BCUT2D eigenvalue weighted by molar-refractivity contribution is 6.32. The molecule has 1 heterocycles. The van der Waals surface area contributed by atoms with Gasteiger partial charge in [-0.25, -0.2) is 0 Å². The number of aldehydes is 1. The number of phenols is 1. The average molecular weight is 272 g/mol. The first-order chi connectivity index (χ1) is 9.52. The number of benzene rings is 1. The van der Waals surface area contributed by atoms with Crippen LogP contribution in [0.25, 0.3) is 11.1 Å². The third kappa shape index (κ3) is 2.79. The fourth-order valence-electron chi connectivity index (χ4n) is 2.14. The fraction of sp³-hybridized carbons (Fsp3) is 0.250. The van der Waals surface area contributed by atoms with Crippen molar-refractivity contribution >= 4 is 12.1 Å². The van der Waals surface area contributed by atoms with E-state index in [1.54, 1.807) is 24.3 Å². The van der Waals surface area contributed by atoms with E-state index < -0.39 is 5.78 Å². The van der Waals surface area contributed by atoms with Crippen LogP contribution in [-0.4, -0.2) is 17.2 Å². The number of rotatable bonds is 5. The molecule has 1 aromatic carbocycles. The Kier molecular flexibility index (Phi) is 4.03. The van der Waals surface area contributed by atoms with Crippen LogP contribution in [-0.2, 0) is 11.2 Å². The molecule has 0 unspecified atom stereocenters. The summed E-state index contributed by atoms with van der Waals surface area (Å²) in [6, 6.07) is 6.64. The van der Waals surface area contributed by atoms with Gasteiger partial charge in [-0.3, -0.25) is 9.59 Å². The predicted octanol–water partition coefficient (Wildman–Crippen LogP) is 3.23. The number of Topliss-reactive ketones (excluding diaryl/α,β-unsaturated/α-hetero) is 1. The van der Waals surface area contributed by atoms with E-state index in [0.717, 1.165) is 16.7 Å². The van der Waals surface area contributed by atoms with Crippen molar-refractivity contribution in [2.24, 2.45) is 5.92 Å². The molecule has 0 radical (unpaired) electrons. The first-order valence-electron chi connectivity index (χ1n) is 6.42. The molecule has 0 fully saturated rings. The van der Waals surface area contributed by atoms with Gasteiger partial charge in [0.25, 0.3) is 5.78 Å². The second-order valence-electron chi connectivity index (χ2n) is 5.08. The normalized spacial score (nSPS) is 10.8. The maximum atomic E-state index is 11.6. The van der Waals surface area contributed by atoms with Crippen LogP contribution in [0.1, 0.15) is 30.0 Å². The minimum atomic E-state index is -0.648. The van der Waals surface area contributed by atoms with Crippen LogP contribution in [0.2, 0.25) is 0 Å². The maximum absolute atomic E-state index is 11.6. The second kappa shape index (κ2) is 5.74. The van der Waals surface area contributed by atoms with E-state index in [0.29, 0.717) is 12.3 Å². The van der Waals surface area contributed by atoms with Gasteiger partial charge in [0.15, 0.2) is 12.0 Å². The lowest BCUT2D eigenvalue weighted by molar-refractivity contribution is -0.104. The molecule has 1 aromatic heterocycles. The molecule has 0 saturated heterocycles. The lowest BCUT2D eigenvalue weighted by Gasteiger charge is -2.07. The number of hydrogen-bond acceptors (Lipinski definition) is 4. The number of carbonyl (C=O) groups is 2. The van der Waals surface area contributed by atoms with Crippen LogP contribution < -0.4 is 0 Å². The van der Waals surface area contributed by atoms with Crippen LogP contribution in [0.4, 0.5) is 0 Å². The Labute approximate surface area is 117 Å². The van der Waals surface area contributed by atoms with E-state index in [4.69, 9.17) is 4.42 Å². The maximum Gasteiger partial charge on any atom is 0.260 e. The molecule has 0 amide bonds. The zero-order valence-electron chi connectivity index (χ0n) is 11.4. The van der Waals surface area contributed by atoms with Crippen molar-refractivity contribution in [2.45, 2.75) is 20.3 Å². The Hall–Kier alpha value is -2.36. The number of ketones is 1. The van der Waals surface area contributed by atoms with Crippen LogP contribution >= 0.6 is 0 Å². The van der Waals surface area contributed by atoms with Crippen LogP contribution in [0, 0.1) is 5.92 Å². The summed E-state index contributed by atoms with van der Waals surface area (Å²) in [7, 11) is 0. The van der Waals surface area contributed by atoms with E-state index in [9.17, 15) is 14.7 Å². The summed E-state index contributed by atoms with van der Waals surface area (Å²) in [4.78, 5) is 22.3. The second-order valence-corrected chi connectivity index (χ2v) is 5.08. The van der Waals surface area contributed by atoms with E-state index in [-0.39, 0.29) is 17.8 Å². The predicted molar refractivity (Wildman–Crippen MR) is 74.7 cm³/mol. The van der Waals surface area contributed by atoms with Gasteiger partial charge in [-0.2, -0.15) is 0 Å². The van der Waals surface area contributed by atoms with E-state index in [1.807, 2.05) is 13.8 Å². The van der Waals surface area contributed by atoms with Gasteiger partial charge in [-0.1, -0.05) is 26.0 Å².